The lowest BCUT2D eigenvalue weighted by Gasteiger charge is -2.35. The SMILES string of the molecule is C=CCC[C@@H](c1cc(Cl)cc(Cl)c1Cl)N1CCNCC1. The Labute approximate surface area is 135 Å². The van der Waals surface area contributed by atoms with E-state index in [4.69, 9.17) is 34.8 Å². The second kappa shape index (κ2) is 7.67. The van der Waals surface area contributed by atoms with Crippen molar-refractivity contribution in [1.29, 1.82) is 0 Å². The summed E-state index contributed by atoms with van der Waals surface area (Å²) in [5.41, 5.74) is 1.02. The molecule has 0 bridgehead atoms. The van der Waals surface area contributed by atoms with Crippen LogP contribution in [0.1, 0.15) is 24.4 Å². The van der Waals surface area contributed by atoms with E-state index in [0.29, 0.717) is 15.1 Å². The van der Waals surface area contributed by atoms with Gasteiger partial charge in [0, 0.05) is 37.2 Å². The molecule has 1 aromatic rings. The Hall–Kier alpha value is -0.250. The maximum Gasteiger partial charge on any atom is 0.0641 e. The first-order valence-electron chi connectivity index (χ1n) is 6.83. The van der Waals surface area contributed by atoms with Gasteiger partial charge in [-0.3, -0.25) is 4.90 Å². The van der Waals surface area contributed by atoms with E-state index in [0.717, 1.165) is 44.6 Å². The van der Waals surface area contributed by atoms with Crippen LogP contribution >= 0.6 is 34.8 Å². The highest BCUT2D eigenvalue weighted by Crippen LogP contribution is 2.37. The van der Waals surface area contributed by atoms with Gasteiger partial charge in [0.25, 0.3) is 0 Å². The van der Waals surface area contributed by atoms with E-state index in [2.05, 4.69) is 16.8 Å². The minimum atomic E-state index is 0.235. The molecule has 2 rings (SSSR count). The first-order valence-corrected chi connectivity index (χ1v) is 7.97. The van der Waals surface area contributed by atoms with E-state index >= 15 is 0 Å². The van der Waals surface area contributed by atoms with Gasteiger partial charge in [0.05, 0.1) is 10.0 Å². The third kappa shape index (κ3) is 3.90. The average molecular weight is 334 g/mol. The van der Waals surface area contributed by atoms with Crippen molar-refractivity contribution in [2.45, 2.75) is 18.9 Å². The Morgan fingerprint density at radius 3 is 2.60 bits per heavy atom. The van der Waals surface area contributed by atoms with E-state index in [1.165, 1.54) is 0 Å². The largest absolute Gasteiger partial charge is 0.314 e. The topological polar surface area (TPSA) is 15.3 Å². The zero-order valence-corrected chi connectivity index (χ0v) is 13.6. The van der Waals surface area contributed by atoms with Gasteiger partial charge in [0.1, 0.15) is 0 Å². The standard InChI is InChI=1S/C15H19Cl3N2/c1-2-3-4-14(20-7-5-19-6-8-20)12-9-11(16)10-13(17)15(12)18/h2,9-10,14,19H,1,3-8H2/t14-/m0/s1. The molecule has 1 N–H and O–H groups in total. The quantitative estimate of drug-likeness (QED) is 0.628. The Kier molecular flexibility index (Phi) is 6.19. The van der Waals surface area contributed by atoms with Crippen LogP contribution in [-0.2, 0) is 0 Å². The van der Waals surface area contributed by atoms with Crippen LogP contribution in [0, 0.1) is 0 Å². The summed E-state index contributed by atoms with van der Waals surface area (Å²) in [7, 11) is 0. The molecule has 1 aliphatic rings. The van der Waals surface area contributed by atoms with Gasteiger partial charge in [-0.25, -0.2) is 0 Å². The molecule has 1 aliphatic heterocycles. The van der Waals surface area contributed by atoms with Crippen molar-refractivity contribution in [1.82, 2.24) is 10.2 Å². The molecule has 110 valence electrons. The van der Waals surface area contributed by atoms with Crippen LogP contribution in [0.15, 0.2) is 24.8 Å². The number of allylic oxidation sites excluding steroid dienone is 1. The predicted octanol–water partition coefficient (Wildman–Crippen LogP) is 4.56. The molecule has 1 atom stereocenters. The van der Waals surface area contributed by atoms with E-state index in [9.17, 15) is 0 Å². The average Bonchev–Trinajstić information content (AvgIpc) is 2.45. The lowest BCUT2D eigenvalue weighted by atomic mass is 9.99. The van der Waals surface area contributed by atoms with Crippen molar-refractivity contribution in [2.75, 3.05) is 26.2 Å². The van der Waals surface area contributed by atoms with Gasteiger partial charge in [-0.15, -0.1) is 6.58 Å². The van der Waals surface area contributed by atoms with Gasteiger partial charge in [0.15, 0.2) is 0 Å². The number of benzene rings is 1. The van der Waals surface area contributed by atoms with Crippen LogP contribution in [0.2, 0.25) is 15.1 Å². The van der Waals surface area contributed by atoms with E-state index in [-0.39, 0.29) is 6.04 Å². The summed E-state index contributed by atoms with van der Waals surface area (Å²) in [6, 6.07) is 3.86. The highest BCUT2D eigenvalue weighted by atomic mass is 35.5. The highest BCUT2D eigenvalue weighted by molar-refractivity contribution is 6.43. The van der Waals surface area contributed by atoms with Crippen LogP contribution in [0.4, 0.5) is 0 Å². The van der Waals surface area contributed by atoms with Gasteiger partial charge in [-0.2, -0.15) is 0 Å². The van der Waals surface area contributed by atoms with E-state index in [1.54, 1.807) is 6.07 Å². The van der Waals surface area contributed by atoms with Gasteiger partial charge in [-0.1, -0.05) is 40.9 Å². The number of halogens is 3. The smallest absolute Gasteiger partial charge is 0.0641 e. The molecule has 1 saturated heterocycles. The van der Waals surface area contributed by atoms with Gasteiger partial charge in [-0.05, 0) is 30.5 Å². The molecular formula is C15H19Cl3N2. The molecule has 0 spiro atoms. The number of nitrogens with zero attached hydrogens (tertiary/aromatic N) is 1. The summed E-state index contributed by atoms with van der Waals surface area (Å²) >= 11 is 18.7. The van der Waals surface area contributed by atoms with Crippen molar-refractivity contribution in [3.05, 3.63) is 45.4 Å². The molecular weight excluding hydrogens is 315 g/mol. The number of hydrogen-bond donors (Lipinski definition) is 1. The van der Waals surface area contributed by atoms with Crippen LogP contribution < -0.4 is 5.32 Å². The van der Waals surface area contributed by atoms with Gasteiger partial charge >= 0.3 is 0 Å². The molecule has 0 radical (unpaired) electrons. The molecule has 20 heavy (non-hydrogen) atoms. The second-order valence-corrected chi connectivity index (χ2v) is 6.18. The Morgan fingerprint density at radius 1 is 1.25 bits per heavy atom. The van der Waals surface area contributed by atoms with E-state index < -0.39 is 0 Å². The molecule has 1 fully saturated rings. The molecule has 0 unspecified atom stereocenters. The molecule has 2 nitrogen and oxygen atoms in total. The van der Waals surface area contributed by atoms with Crippen LogP contribution in [0.25, 0.3) is 0 Å². The first kappa shape index (κ1) is 16.1. The lowest BCUT2D eigenvalue weighted by Crippen LogP contribution is -2.45. The van der Waals surface area contributed by atoms with Crippen LogP contribution in [0.3, 0.4) is 0 Å². The fraction of sp³-hybridized carbons (Fsp3) is 0.467. The van der Waals surface area contributed by atoms with E-state index in [1.807, 2.05) is 12.1 Å². The molecule has 0 amide bonds. The van der Waals surface area contributed by atoms with Crippen molar-refractivity contribution in [2.24, 2.45) is 0 Å². The Balaban J connectivity index is 2.31. The van der Waals surface area contributed by atoms with Gasteiger partial charge in [0.2, 0.25) is 0 Å². The normalized spacial score (nSPS) is 17.9. The van der Waals surface area contributed by atoms with Crippen molar-refractivity contribution < 1.29 is 0 Å². The molecule has 0 saturated carbocycles. The number of hydrogen-bond acceptors (Lipinski definition) is 2. The first-order chi connectivity index (χ1) is 9.63. The summed E-state index contributed by atoms with van der Waals surface area (Å²) in [5.74, 6) is 0. The fourth-order valence-electron chi connectivity index (χ4n) is 2.62. The summed E-state index contributed by atoms with van der Waals surface area (Å²) in [6.45, 7) is 7.81. The third-order valence-corrected chi connectivity index (χ3v) is 4.65. The zero-order valence-electron chi connectivity index (χ0n) is 11.3. The van der Waals surface area contributed by atoms with Gasteiger partial charge < -0.3 is 5.32 Å². The molecule has 1 aromatic carbocycles. The molecule has 5 heteroatoms. The van der Waals surface area contributed by atoms with Crippen molar-refractivity contribution in [3.8, 4) is 0 Å². The van der Waals surface area contributed by atoms with Crippen LogP contribution in [0.5, 0.6) is 0 Å². The molecule has 0 aliphatic carbocycles. The Bertz CT molecular complexity index is 470. The number of piperazine rings is 1. The summed E-state index contributed by atoms with van der Waals surface area (Å²) in [6.07, 6.45) is 3.85. The second-order valence-electron chi connectivity index (χ2n) is 4.96. The fourth-order valence-corrected chi connectivity index (χ4v) is 3.37. The van der Waals surface area contributed by atoms with Crippen molar-refractivity contribution >= 4 is 34.8 Å². The summed E-state index contributed by atoms with van der Waals surface area (Å²) < 4.78 is 0. The third-order valence-electron chi connectivity index (χ3n) is 3.62. The minimum absolute atomic E-state index is 0.235. The number of nitrogens with one attached hydrogen (secondary N) is 1. The lowest BCUT2D eigenvalue weighted by molar-refractivity contribution is 0.166. The summed E-state index contributed by atoms with van der Waals surface area (Å²) in [5, 5.41) is 5.14. The maximum atomic E-state index is 6.40. The number of rotatable bonds is 5. The summed E-state index contributed by atoms with van der Waals surface area (Å²) in [4.78, 5) is 2.44. The monoisotopic (exact) mass is 332 g/mol. The minimum Gasteiger partial charge on any atom is -0.314 e. The Morgan fingerprint density at radius 2 is 1.95 bits per heavy atom. The predicted molar refractivity (Wildman–Crippen MR) is 88.1 cm³/mol. The highest BCUT2D eigenvalue weighted by Gasteiger charge is 2.24. The van der Waals surface area contributed by atoms with Crippen molar-refractivity contribution in [3.63, 3.8) is 0 Å². The zero-order chi connectivity index (χ0) is 14.5. The molecule has 1 heterocycles. The molecule has 0 aromatic heterocycles. The maximum absolute atomic E-state index is 6.40. The van der Waals surface area contributed by atoms with Crippen LogP contribution in [-0.4, -0.2) is 31.1 Å².